The second-order valence-corrected chi connectivity index (χ2v) is 14.3. The van der Waals surface area contributed by atoms with Gasteiger partial charge < -0.3 is 47.2 Å². The second-order valence-electron chi connectivity index (χ2n) is 14.3. The molecule has 1 heterocycles. The van der Waals surface area contributed by atoms with Crippen molar-refractivity contribution in [1.29, 1.82) is 0 Å². The van der Waals surface area contributed by atoms with Crippen molar-refractivity contribution in [3.63, 3.8) is 0 Å². The molecule has 0 radical (unpaired) electrons. The minimum Gasteiger partial charge on any atom is -0.387 e. The summed E-state index contributed by atoms with van der Waals surface area (Å²) in [6.45, 7) is 7.91. The van der Waals surface area contributed by atoms with Gasteiger partial charge in [0.1, 0.15) is 24.5 Å². The smallest absolute Gasteiger partial charge is 0.248 e. The van der Waals surface area contributed by atoms with E-state index in [-0.39, 0.29) is 42.8 Å². The van der Waals surface area contributed by atoms with Crippen LogP contribution in [-0.2, 0) is 30.5 Å². The summed E-state index contributed by atoms with van der Waals surface area (Å²) in [7, 11) is 0. The minimum atomic E-state index is -0.970. The number of aromatic nitrogens is 1. The number of rotatable bonds is 15. The van der Waals surface area contributed by atoms with Crippen LogP contribution in [0.2, 0.25) is 0 Å². The zero-order valence-corrected chi connectivity index (χ0v) is 32.2. The molecule has 2 atom stereocenters. The molecule has 1 aliphatic carbocycles. The Balaban J connectivity index is 0.000000482. The van der Waals surface area contributed by atoms with E-state index in [0.717, 1.165) is 55.7 Å². The fourth-order valence-corrected chi connectivity index (χ4v) is 6.31. The maximum absolute atomic E-state index is 14.8. The Hall–Kier alpha value is -4.99. The Morgan fingerprint density at radius 2 is 1.64 bits per heavy atom. The van der Waals surface area contributed by atoms with Gasteiger partial charge in [0.05, 0.1) is 18.6 Å². The Morgan fingerprint density at radius 1 is 1.02 bits per heavy atom. The molecule has 1 fully saturated rings. The highest BCUT2D eigenvalue weighted by atomic mass is 19.1. The summed E-state index contributed by atoms with van der Waals surface area (Å²) in [5.41, 5.74) is 17.9. The number of primary amides is 1. The van der Waals surface area contributed by atoms with Gasteiger partial charge in [0, 0.05) is 55.1 Å². The van der Waals surface area contributed by atoms with Crippen molar-refractivity contribution < 1.29 is 37.9 Å². The number of nitrogens with two attached hydrogens (primary N) is 3. The van der Waals surface area contributed by atoms with Gasteiger partial charge in [-0.1, -0.05) is 63.9 Å². The number of hydrogen-bond donors (Lipinski definition) is 6. The molecule has 13 nitrogen and oxygen atoms in total. The van der Waals surface area contributed by atoms with E-state index in [9.17, 15) is 33.1 Å². The molecule has 3 aromatic rings. The average molecular weight is 770 g/mol. The van der Waals surface area contributed by atoms with E-state index in [4.69, 9.17) is 22.0 Å². The number of aldehydes is 1. The molecule has 2 unspecified atom stereocenters. The summed E-state index contributed by atoms with van der Waals surface area (Å²) in [5, 5.41) is 15.2. The Bertz CT molecular complexity index is 1690. The number of hydrogen-bond acceptors (Lipinski definition) is 8. The number of carbonyl (C=O) groups excluding carboxylic acids is 5. The molecule has 0 bridgehead atoms. The second kappa shape index (κ2) is 23.0. The van der Waals surface area contributed by atoms with Crippen LogP contribution in [0.15, 0.2) is 60.8 Å². The number of nitrogens with one attached hydrogen (secondary N) is 2. The van der Waals surface area contributed by atoms with Gasteiger partial charge in [-0.25, -0.2) is 8.78 Å². The number of benzene rings is 2. The van der Waals surface area contributed by atoms with Gasteiger partial charge in [-0.2, -0.15) is 0 Å². The van der Waals surface area contributed by atoms with Crippen LogP contribution in [0.1, 0.15) is 77.1 Å². The number of nitrogens with zero attached hydrogens (tertiary/aromatic N) is 2. The van der Waals surface area contributed by atoms with Gasteiger partial charge >= 0.3 is 0 Å². The third kappa shape index (κ3) is 15.0. The molecule has 1 aliphatic rings. The van der Waals surface area contributed by atoms with Gasteiger partial charge in [0.15, 0.2) is 0 Å². The van der Waals surface area contributed by atoms with Gasteiger partial charge in [0.25, 0.3) is 0 Å². The highest BCUT2D eigenvalue weighted by Crippen LogP contribution is 2.41. The van der Waals surface area contributed by atoms with Crippen LogP contribution in [-0.4, -0.2) is 83.3 Å². The van der Waals surface area contributed by atoms with E-state index in [1.54, 1.807) is 12.3 Å². The van der Waals surface area contributed by atoms with Gasteiger partial charge in [-0.3, -0.25) is 19.2 Å². The van der Waals surface area contributed by atoms with E-state index in [2.05, 4.69) is 10.6 Å². The van der Waals surface area contributed by atoms with Crippen molar-refractivity contribution in [3.8, 4) is 11.1 Å². The maximum Gasteiger partial charge on any atom is 0.248 e. The summed E-state index contributed by atoms with van der Waals surface area (Å²) in [6.07, 6.45) is 6.89. The van der Waals surface area contributed by atoms with Crippen molar-refractivity contribution >= 4 is 29.9 Å². The minimum absolute atomic E-state index is 0.00340. The first-order chi connectivity index (χ1) is 26.1. The molecule has 2 aromatic carbocycles. The summed E-state index contributed by atoms with van der Waals surface area (Å²) in [6, 6.07) is 13.0. The molecule has 1 aromatic heterocycles. The summed E-state index contributed by atoms with van der Waals surface area (Å²) in [4.78, 5) is 57.1. The first kappa shape index (κ1) is 46.2. The fraction of sp³-hybridized carbons (Fsp3) is 0.475. The van der Waals surface area contributed by atoms with Gasteiger partial charge in [-0.05, 0) is 61.4 Å². The molecule has 0 spiro atoms. The van der Waals surface area contributed by atoms with Crippen LogP contribution < -0.4 is 27.8 Å². The highest BCUT2D eigenvalue weighted by molar-refractivity contribution is 5.81. The Morgan fingerprint density at radius 3 is 2.20 bits per heavy atom. The van der Waals surface area contributed by atoms with Crippen molar-refractivity contribution in [2.45, 2.75) is 78.4 Å². The fourth-order valence-electron chi connectivity index (χ4n) is 6.31. The third-order valence-electron chi connectivity index (χ3n) is 8.94. The lowest BCUT2D eigenvalue weighted by Crippen LogP contribution is -2.46. The first-order valence-electron chi connectivity index (χ1n) is 18.4. The van der Waals surface area contributed by atoms with Crippen molar-refractivity contribution in [2.75, 3.05) is 32.8 Å². The molecule has 1 saturated carbocycles. The molecule has 4 rings (SSSR count). The van der Waals surface area contributed by atoms with Gasteiger partial charge in [-0.15, -0.1) is 0 Å². The molecular weight excluding hydrogens is 712 g/mol. The van der Waals surface area contributed by atoms with Crippen LogP contribution in [0, 0.1) is 23.0 Å². The van der Waals surface area contributed by atoms with Gasteiger partial charge in [0.2, 0.25) is 23.6 Å². The van der Waals surface area contributed by atoms with Crippen molar-refractivity contribution in [3.05, 3.63) is 83.7 Å². The molecular formula is C40H57F2N7O6. The van der Waals surface area contributed by atoms with Crippen molar-refractivity contribution in [2.24, 2.45) is 28.5 Å². The lowest BCUT2D eigenvalue weighted by atomic mass is 9.82. The normalized spacial score (nSPS) is 13.6. The van der Waals surface area contributed by atoms with E-state index in [1.807, 2.05) is 55.7 Å². The summed E-state index contributed by atoms with van der Waals surface area (Å²) < 4.78 is 30.7. The molecule has 0 aliphatic heterocycles. The van der Waals surface area contributed by atoms with Crippen LogP contribution in [0.4, 0.5) is 8.78 Å². The van der Waals surface area contributed by atoms with Crippen LogP contribution >= 0.6 is 0 Å². The molecule has 0 saturated heterocycles. The first-order valence-corrected chi connectivity index (χ1v) is 18.4. The highest BCUT2D eigenvalue weighted by Gasteiger charge is 2.37. The Labute approximate surface area is 322 Å². The lowest BCUT2D eigenvalue weighted by molar-refractivity contribution is -0.140. The zero-order valence-electron chi connectivity index (χ0n) is 32.2. The predicted octanol–water partition coefficient (Wildman–Crippen LogP) is 3.17. The quantitative estimate of drug-likeness (QED) is 0.0995. The van der Waals surface area contributed by atoms with Crippen LogP contribution in [0.5, 0.6) is 0 Å². The topological polar surface area (TPSA) is 216 Å². The van der Waals surface area contributed by atoms with E-state index >= 15 is 0 Å². The molecule has 55 heavy (non-hydrogen) atoms. The molecule has 15 heteroatoms. The van der Waals surface area contributed by atoms with Crippen molar-refractivity contribution in [1.82, 2.24) is 20.1 Å². The molecule has 9 N–H and O–H groups in total. The van der Waals surface area contributed by atoms with Crippen LogP contribution in [0.3, 0.4) is 0 Å². The number of halogens is 2. The average Bonchev–Trinajstić information content (AvgIpc) is 3.84. The lowest BCUT2D eigenvalue weighted by Gasteiger charge is -2.41. The van der Waals surface area contributed by atoms with E-state index in [0.29, 0.717) is 30.9 Å². The summed E-state index contributed by atoms with van der Waals surface area (Å²) >= 11 is 0. The standard InChI is InChI=1S/C28H34F2N4O3.C10H19N3O2.C2H4O/c1-28(2,3)26(34(25(36)17-35)12-11-23(31)27(32)37)24-13-19(21-14-20(29)9-10-22(21)30)16-33(24)15-18-7-5-4-6-8-18;11-7-9(14)12-5-6-13-10(15)8-3-1-2-4-8;1-2-3/h4-10,13-14,16,23,26,35H,11-12,15,17,31H2,1-3H3,(H2,32,37);8H,1-7,11H2,(H,12,14)(H,13,15);2H,1H3. The van der Waals surface area contributed by atoms with Crippen LogP contribution in [0.25, 0.3) is 11.1 Å². The van der Waals surface area contributed by atoms with E-state index in [1.165, 1.54) is 11.8 Å². The number of carbonyl (C=O) groups is 5. The zero-order chi connectivity index (χ0) is 41.1. The largest absolute Gasteiger partial charge is 0.387 e. The number of amides is 4. The third-order valence-corrected chi connectivity index (χ3v) is 8.94. The number of aliphatic hydroxyl groups is 1. The molecule has 302 valence electrons. The monoisotopic (exact) mass is 769 g/mol. The predicted molar refractivity (Wildman–Crippen MR) is 207 cm³/mol. The molecule has 4 amide bonds. The Kier molecular flexibility index (Phi) is 19.3. The maximum atomic E-state index is 14.8. The SMILES string of the molecule is CC(C)(C)C(c1cc(-c2cc(F)ccc2F)cn1Cc1ccccc1)N(CCC(N)C(N)=O)C(=O)CO.CC=O.NCC(=O)NCCNC(=O)C1CCCC1. The summed E-state index contributed by atoms with van der Waals surface area (Å²) in [5.74, 6) is -2.27. The van der Waals surface area contributed by atoms with E-state index < -0.39 is 47.6 Å². The number of aliphatic hydroxyl groups excluding tert-OH is 1.